The van der Waals surface area contributed by atoms with Crippen LogP contribution in [-0.4, -0.2) is 196 Å². The zero-order valence-electron chi connectivity index (χ0n) is 51.9. The first-order chi connectivity index (χ1) is 42.6. The van der Waals surface area contributed by atoms with Crippen LogP contribution in [0.4, 0.5) is 33.6 Å². The van der Waals surface area contributed by atoms with E-state index in [-0.39, 0.29) is 88.8 Å². The number of hydrogen-bond donors (Lipinski definition) is 5. The van der Waals surface area contributed by atoms with E-state index in [4.69, 9.17) is 69.9 Å². The number of ether oxygens (including phenoxy) is 3. The van der Waals surface area contributed by atoms with Crippen molar-refractivity contribution in [2.75, 3.05) is 129 Å². The van der Waals surface area contributed by atoms with Gasteiger partial charge in [0.25, 0.3) is 11.8 Å². The van der Waals surface area contributed by atoms with Crippen molar-refractivity contribution in [3.63, 3.8) is 0 Å². The van der Waals surface area contributed by atoms with Crippen molar-refractivity contribution in [1.29, 1.82) is 0 Å². The third-order valence-corrected chi connectivity index (χ3v) is 17.9. The Kier molecular flexibility index (Phi) is 22.0. The lowest BCUT2D eigenvalue weighted by molar-refractivity contribution is 0.0486. The highest BCUT2D eigenvalue weighted by atomic mass is 35.5. The molecule has 4 atom stereocenters. The molecule has 4 aromatic heterocycles. The number of nitrogens with two attached hydrogens (primary N) is 1. The lowest BCUT2D eigenvalue weighted by atomic mass is 9.91. The number of aromatic nitrogens is 6. The van der Waals surface area contributed by atoms with Crippen molar-refractivity contribution in [3.05, 3.63) is 98.4 Å². The molecule has 2 aromatic carbocycles. The molecule has 26 nitrogen and oxygen atoms in total. The fraction of sp³-hybridized carbons (Fsp3) is 0.542. The van der Waals surface area contributed by atoms with Crippen LogP contribution < -0.4 is 40.5 Å². The first-order valence-electron chi connectivity index (χ1n) is 30.1. The third kappa shape index (κ3) is 17.5. The number of alkyl carbamates (subject to hydrolysis) is 1. The lowest BCUT2D eigenvalue weighted by Crippen LogP contribution is -2.57. The van der Waals surface area contributed by atoms with Crippen molar-refractivity contribution >= 4 is 125 Å². The number of nitrogens with one attached hydrogen (secondary N) is 4. The molecule has 0 saturated carbocycles. The van der Waals surface area contributed by atoms with E-state index < -0.39 is 25.6 Å². The number of halogens is 4. The van der Waals surface area contributed by atoms with E-state index in [0.29, 0.717) is 97.6 Å². The Labute approximate surface area is 551 Å². The van der Waals surface area contributed by atoms with Crippen molar-refractivity contribution < 1.29 is 45.4 Å². The molecular formula is C59H80Cl4N16O10S2. The Bertz CT molecular complexity index is 3840. The van der Waals surface area contributed by atoms with Gasteiger partial charge < -0.3 is 55.1 Å². The van der Waals surface area contributed by atoms with E-state index in [1.165, 1.54) is 24.3 Å². The minimum absolute atomic E-state index is 0. The summed E-state index contributed by atoms with van der Waals surface area (Å²) in [6.07, 6.45) is 5.03. The van der Waals surface area contributed by atoms with Gasteiger partial charge in [-0.15, -0.1) is 12.4 Å². The third-order valence-electron chi connectivity index (χ3n) is 16.1. The summed E-state index contributed by atoms with van der Waals surface area (Å²) in [5.74, 6) is 2.51. The van der Waals surface area contributed by atoms with Gasteiger partial charge in [-0.05, 0) is 94.7 Å². The second-order valence-corrected chi connectivity index (χ2v) is 29.7. The molecular weight excluding hydrogens is 1300 g/mol. The van der Waals surface area contributed by atoms with Crippen LogP contribution in [0.1, 0.15) is 104 Å². The Balaban J connectivity index is 0.000000181. The number of rotatable bonds is 12. The predicted molar refractivity (Wildman–Crippen MR) is 355 cm³/mol. The van der Waals surface area contributed by atoms with Crippen molar-refractivity contribution in [1.82, 2.24) is 49.6 Å². The van der Waals surface area contributed by atoms with Crippen LogP contribution in [-0.2, 0) is 34.3 Å². The summed E-state index contributed by atoms with van der Waals surface area (Å²) in [4.78, 5) is 58.6. The van der Waals surface area contributed by atoms with E-state index in [0.717, 1.165) is 87.8 Å². The summed E-state index contributed by atoms with van der Waals surface area (Å²) in [7, 11) is -7.22. The molecule has 6 aliphatic rings. The predicted octanol–water partition coefficient (Wildman–Crippen LogP) is 7.11. The molecule has 3 amide bonds. The number of amides is 3. The maximum Gasteiger partial charge on any atom is 0.407 e. The number of sulfonamides is 2. The number of fused-ring (bicyclic) bond motifs is 2. The van der Waals surface area contributed by atoms with Gasteiger partial charge in [0.1, 0.15) is 28.2 Å². The van der Waals surface area contributed by atoms with E-state index >= 15 is 0 Å². The van der Waals surface area contributed by atoms with Gasteiger partial charge in [-0.3, -0.25) is 19.0 Å². The minimum atomic E-state index is -3.61. The Morgan fingerprint density at radius 1 is 0.637 bits per heavy atom. The molecule has 91 heavy (non-hydrogen) atoms. The molecule has 12 rings (SSSR count). The van der Waals surface area contributed by atoms with Crippen LogP contribution in [0.25, 0.3) is 11.3 Å². The van der Waals surface area contributed by atoms with Gasteiger partial charge in [0, 0.05) is 106 Å². The van der Waals surface area contributed by atoms with Crippen molar-refractivity contribution in [2.24, 2.45) is 17.6 Å². The van der Waals surface area contributed by atoms with Crippen molar-refractivity contribution in [2.45, 2.75) is 90.1 Å². The molecule has 496 valence electrons. The van der Waals surface area contributed by atoms with E-state index in [9.17, 15) is 31.2 Å². The number of carbonyl (C=O) groups is 3. The Morgan fingerprint density at radius 2 is 1.09 bits per heavy atom. The van der Waals surface area contributed by atoms with Crippen LogP contribution in [0, 0.1) is 11.8 Å². The highest BCUT2D eigenvalue weighted by molar-refractivity contribution is 7.92. The molecule has 6 aromatic rings. The zero-order chi connectivity index (χ0) is 64.4. The maximum absolute atomic E-state index is 14.1. The standard InChI is InChI=1S/C27H35ClN8O4S.C24H28Cl2N6O4S.C8H16N2O2.ClH/c1-17-3-6-23(35(14-17)27(37)20-11-18(28)4-5-21(20)32-41(2,38)39)22-12-25-30-24(34-15-19(29)16-34)13-26(36(25)31-22)33-7-9-40-10-8-33;1-15-3-6-20(31(14-15)24(33)17-11-16(25)4-5-18(17)29-37(2,34)35)19-12-22-27-21(26)13-23(32(22)28-19)30-7-9-36-10-8-30;1-8(2,3)12-7(11)10-6-4-9-5-6;/h4-5,11-13,17,19,23,32H,3,6-10,14-16,29H2,1-2H3;4-5,11-13,15,20,29H,3,6-10,14H2,1-2H3;6,9H,4-5H2,1-3H3,(H,10,11);1H/t17-,23-;15-,20-;;/m00../s1. The zero-order valence-corrected chi connectivity index (χ0v) is 56.6. The molecule has 32 heteroatoms. The van der Waals surface area contributed by atoms with Crippen LogP contribution in [0.15, 0.2) is 60.7 Å². The summed E-state index contributed by atoms with van der Waals surface area (Å²) in [6, 6.07) is 16.6. The molecule has 0 unspecified atom stereocenters. The number of benzene rings is 2. The maximum atomic E-state index is 14.1. The fourth-order valence-electron chi connectivity index (χ4n) is 11.6. The van der Waals surface area contributed by atoms with Gasteiger partial charge in [0.05, 0.1) is 91.0 Å². The van der Waals surface area contributed by atoms with Crippen molar-refractivity contribution in [3.8, 4) is 0 Å². The Hall–Kier alpha value is -6.21. The molecule has 6 fully saturated rings. The molecule has 0 aliphatic carbocycles. The number of nitrogens with zero attached hydrogens (tertiary/aromatic N) is 11. The average Bonchev–Trinajstić information content (AvgIpc) is 1.68. The van der Waals surface area contributed by atoms with Gasteiger partial charge in [0.15, 0.2) is 11.3 Å². The van der Waals surface area contributed by atoms with Gasteiger partial charge >= 0.3 is 6.09 Å². The lowest BCUT2D eigenvalue weighted by Gasteiger charge is -2.38. The number of piperidine rings is 2. The first-order valence-corrected chi connectivity index (χ1v) is 35.0. The highest BCUT2D eigenvalue weighted by Gasteiger charge is 2.38. The largest absolute Gasteiger partial charge is 0.444 e. The molecule has 6 saturated heterocycles. The van der Waals surface area contributed by atoms with Gasteiger partial charge in [0.2, 0.25) is 20.0 Å². The minimum Gasteiger partial charge on any atom is -0.444 e. The SMILES string of the molecule is CC(C)(C)OC(=O)NC1CNC1.C[C@H]1CC[C@@H](c2cc3nc(Cl)cc(N4CCOCC4)n3n2)N(C(=O)c2cc(Cl)ccc2NS(C)(=O)=O)C1.C[C@H]1CC[C@@H](c2cc3nc(N4CC(N)C4)cc(N4CCOCC4)n3n2)N(C(=O)c2cc(Cl)ccc2NS(C)(=O)=O)C1.Cl. The van der Waals surface area contributed by atoms with E-state index in [1.54, 1.807) is 32.5 Å². The normalized spacial score (nSPS) is 20.9. The van der Waals surface area contributed by atoms with Crippen LogP contribution >= 0.6 is 47.2 Å². The second-order valence-electron chi connectivity index (χ2n) is 24.9. The number of anilines is 5. The number of hydrogen-bond acceptors (Lipinski definition) is 19. The molecule has 10 heterocycles. The number of carbonyl (C=O) groups excluding carboxylic acids is 3. The van der Waals surface area contributed by atoms with Crippen LogP contribution in [0.5, 0.6) is 0 Å². The highest BCUT2D eigenvalue weighted by Crippen LogP contribution is 2.39. The molecule has 6 N–H and O–H groups in total. The summed E-state index contributed by atoms with van der Waals surface area (Å²) in [6.45, 7) is 19.3. The smallest absolute Gasteiger partial charge is 0.407 e. The fourth-order valence-corrected chi connectivity index (χ4v) is 13.3. The van der Waals surface area contributed by atoms with Gasteiger partial charge in [-0.25, -0.2) is 31.6 Å². The molecule has 0 bridgehead atoms. The van der Waals surface area contributed by atoms with Gasteiger partial charge in [-0.1, -0.05) is 48.7 Å². The quantitative estimate of drug-likeness (QED) is 0.0762. The summed E-state index contributed by atoms with van der Waals surface area (Å²) in [5.41, 5.74) is 9.17. The molecule has 0 spiro atoms. The van der Waals surface area contributed by atoms with E-state index in [1.807, 2.05) is 37.4 Å². The summed E-state index contributed by atoms with van der Waals surface area (Å²) in [5, 5.41) is 16.8. The molecule has 0 radical (unpaired) electrons. The number of morpholine rings is 2. The van der Waals surface area contributed by atoms with Crippen LogP contribution in [0.2, 0.25) is 15.2 Å². The molecule has 6 aliphatic heterocycles. The second kappa shape index (κ2) is 29.0. The topological polar surface area (TPSA) is 298 Å². The van der Waals surface area contributed by atoms with E-state index in [2.05, 4.69) is 59.7 Å². The summed E-state index contributed by atoms with van der Waals surface area (Å²) < 4.78 is 72.7. The average molecular weight is 1380 g/mol. The van der Waals surface area contributed by atoms with Gasteiger partial charge in [-0.2, -0.15) is 19.2 Å². The van der Waals surface area contributed by atoms with Crippen LogP contribution in [0.3, 0.4) is 0 Å². The number of likely N-dealkylation sites (tertiary alicyclic amines) is 2. The monoisotopic (exact) mass is 1380 g/mol. The Morgan fingerprint density at radius 3 is 1.51 bits per heavy atom. The first kappa shape index (κ1) is 69.1. The summed E-state index contributed by atoms with van der Waals surface area (Å²) >= 11 is 18.8.